The van der Waals surface area contributed by atoms with Crippen molar-refractivity contribution in [2.24, 2.45) is 11.1 Å². The van der Waals surface area contributed by atoms with E-state index < -0.39 is 23.3 Å². The van der Waals surface area contributed by atoms with Crippen LogP contribution in [0.1, 0.15) is 65.0 Å². The van der Waals surface area contributed by atoms with Gasteiger partial charge in [-0.3, -0.25) is 14.3 Å². The number of aromatic nitrogens is 3. The summed E-state index contributed by atoms with van der Waals surface area (Å²) in [5, 5.41) is 8.22. The lowest BCUT2D eigenvalue weighted by Crippen LogP contribution is -2.37. The van der Waals surface area contributed by atoms with Gasteiger partial charge in [-0.25, -0.2) is 9.37 Å². The van der Waals surface area contributed by atoms with Gasteiger partial charge in [0.15, 0.2) is 11.4 Å². The van der Waals surface area contributed by atoms with E-state index in [1.165, 1.54) is 12.1 Å². The molecule has 2 heterocycles. The number of fused-ring (bicyclic) bond motifs is 1. The molecule has 0 bridgehead atoms. The Bertz CT molecular complexity index is 1370. The summed E-state index contributed by atoms with van der Waals surface area (Å²) in [6.45, 7) is 7.74. The van der Waals surface area contributed by atoms with E-state index in [0.717, 1.165) is 11.1 Å². The number of nitrogens with zero attached hydrogens (tertiary/aromatic N) is 3. The van der Waals surface area contributed by atoms with Gasteiger partial charge >= 0.3 is 0 Å². The van der Waals surface area contributed by atoms with E-state index in [4.69, 9.17) is 10.2 Å². The van der Waals surface area contributed by atoms with E-state index >= 15 is 0 Å². The molecule has 3 N–H and O–H groups in total. The monoisotopic (exact) mass is 463 g/mol. The van der Waals surface area contributed by atoms with Gasteiger partial charge in [0.1, 0.15) is 17.6 Å². The first kappa shape index (κ1) is 23.2. The van der Waals surface area contributed by atoms with Crippen molar-refractivity contribution >= 4 is 22.7 Å². The van der Waals surface area contributed by atoms with Crippen LogP contribution in [-0.4, -0.2) is 26.6 Å². The van der Waals surface area contributed by atoms with Crippen molar-refractivity contribution in [3.05, 3.63) is 83.0 Å². The summed E-state index contributed by atoms with van der Waals surface area (Å²) >= 11 is 0. The number of halogens is 1. The normalized spacial score (nSPS) is 12.6. The number of amides is 2. The Balaban J connectivity index is 1.69. The quantitative estimate of drug-likeness (QED) is 0.446. The van der Waals surface area contributed by atoms with E-state index in [1.54, 1.807) is 23.7 Å². The van der Waals surface area contributed by atoms with Gasteiger partial charge in [-0.05, 0) is 36.1 Å². The van der Waals surface area contributed by atoms with E-state index in [2.05, 4.69) is 15.4 Å². The molecule has 0 unspecified atom stereocenters. The van der Waals surface area contributed by atoms with Crippen LogP contribution in [0.3, 0.4) is 0 Å². The van der Waals surface area contributed by atoms with Crippen LogP contribution in [0.5, 0.6) is 0 Å². The van der Waals surface area contributed by atoms with Crippen LogP contribution in [0.25, 0.3) is 10.9 Å². The van der Waals surface area contributed by atoms with Crippen molar-refractivity contribution < 1.29 is 18.4 Å². The molecule has 1 atom stereocenters. The Labute approximate surface area is 196 Å². The second kappa shape index (κ2) is 8.74. The van der Waals surface area contributed by atoms with E-state index in [9.17, 15) is 14.0 Å². The second-order valence-corrected chi connectivity index (χ2v) is 9.24. The van der Waals surface area contributed by atoms with Gasteiger partial charge in [-0.15, -0.1) is 0 Å². The summed E-state index contributed by atoms with van der Waals surface area (Å²) in [5.41, 5.74) is 6.79. The molecule has 2 aromatic heterocycles. The summed E-state index contributed by atoms with van der Waals surface area (Å²) in [6.07, 6.45) is 0. The highest BCUT2D eigenvalue weighted by molar-refractivity contribution is 6.05. The lowest BCUT2D eigenvalue weighted by Gasteiger charge is -2.28. The third kappa shape index (κ3) is 4.54. The molecule has 0 aliphatic carbocycles. The number of para-hydroxylation sites is 1. The molecule has 0 saturated heterocycles. The van der Waals surface area contributed by atoms with Gasteiger partial charge in [-0.1, -0.05) is 51.1 Å². The van der Waals surface area contributed by atoms with Gasteiger partial charge in [-0.2, -0.15) is 5.10 Å². The molecular formula is C25H26FN5O3. The van der Waals surface area contributed by atoms with Crippen molar-refractivity contribution in [3.8, 4) is 0 Å². The van der Waals surface area contributed by atoms with E-state index in [-0.39, 0.29) is 23.1 Å². The molecule has 8 nitrogen and oxygen atoms in total. The third-order valence-corrected chi connectivity index (χ3v) is 5.55. The van der Waals surface area contributed by atoms with Crippen LogP contribution in [0, 0.1) is 18.2 Å². The zero-order valence-corrected chi connectivity index (χ0v) is 19.4. The number of primary amides is 1. The van der Waals surface area contributed by atoms with Gasteiger partial charge in [0.05, 0.1) is 12.1 Å². The molecule has 34 heavy (non-hydrogen) atoms. The maximum absolute atomic E-state index is 13.4. The summed E-state index contributed by atoms with van der Waals surface area (Å²) in [4.78, 5) is 29.3. The first-order valence-electron chi connectivity index (χ1n) is 10.8. The van der Waals surface area contributed by atoms with Gasteiger partial charge in [0.2, 0.25) is 5.89 Å². The number of benzene rings is 2. The molecule has 0 aliphatic rings. The number of carbonyl (C=O) groups is 2. The molecule has 0 fully saturated rings. The Morgan fingerprint density at radius 1 is 1.12 bits per heavy atom. The highest BCUT2D eigenvalue weighted by Gasteiger charge is 2.34. The smallest absolute Gasteiger partial charge is 0.273 e. The number of nitrogens with one attached hydrogen (secondary N) is 1. The van der Waals surface area contributed by atoms with Crippen LogP contribution < -0.4 is 11.1 Å². The first-order valence-corrected chi connectivity index (χ1v) is 10.8. The summed E-state index contributed by atoms with van der Waals surface area (Å²) in [6, 6.07) is 12.9. The van der Waals surface area contributed by atoms with E-state index in [0.29, 0.717) is 17.7 Å². The Hall–Kier alpha value is -4.01. The number of rotatable bonds is 6. The zero-order chi connectivity index (χ0) is 24.6. The Kier molecular flexibility index (Phi) is 5.95. The molecule has 0 radical (unpaired) electrons. The summed E-state index contributed by atoms with van der Waals surface area (Å²) in [7, 11) is 0. The minimum Gasteiger partial charge on any atom is -0.443 e. The Morgan fingerprint density at radius 2 is 1.79 bits per heavy atom. The average molecular weight is 464 g/mol. The van der Waals surface area contributed by atoms with Crippen molar-refractivity contribution in [2.75, 3.05) is 0 Å². The number of aryl methyl sites for hydroxylation is 1. The number of nitrogens with two attached hydrogens (primary N) is 1. The number of carbonyl (C=O) groups excluding carboxylic acids is 2. The molecule has 2 aromatic carbocycles. The highest BCUT2D eigenvalue weighted by atomic mass is 19.1. The van der Waals surface area contributed by atoms with Crippen LogP contribution in [0.15, 0.2) is 52.9 Å². The minimum absolute atomic E-state index is 0.0347. The average Bonchev–Trinajstić information content (AvgIpc) is 3.33. The predicted molar refractivity (Wildman–Crippen MR) is 125 cm³/mol. The predicted octanol–water partition coefficient (Wildman–Crippen LogP) is 4.14. The number of oxazole rings is 1. The minimum atomic E-state index is -0.697. The number of hydrogen-bond donors (Lipinski definition) is 2. The highest BCUT2D eigenvalue weighted by Crippen LogP contribution is 2.34. The van der Waals surface area contributed by atoms with Crippen LogP contribution >= 0.6 is 0 Å². The molecule has 176 valence electrons. The largest absolute Gasteiger partial charge is 0.443 e. The van der Waals surface area contributed by atoms with Crippen molar-refractivity contribution in [1.82, 2.24) is 20.1 Å². The molecule has 0 saturated carbocycles. The molecule has 0 spiro atoms. The maximum atomic E-state index is 13.4. The SMILES string of the molecule is Cc1oc([C@@H](NC(=O)c2nn(Cc3ccc(F)cc3)c3ccccc23)C(C)(C)C)nc1C(N)=O. The number of hydrogen-bond acceptors (Lipinski definition) is 5. The fourth-order valence-electron chi connectivity index (χ4n) is 3.80. The standard InChI is InChI=1S/C25H26FN5O3/c1-14-19(22(27)32)28-24(34-14)21(25(2,3)4)29-23(33)20-17-7-5-6-8-18(17)31(30-20)13-15-9-11-16(26)12-10-15/h5-12,21H,13H2,1-4H3,(H2,27,32)(H,29,33)/t21-/m1/s1. The Morgan fingerprint density at radius 3 is 2.41 bits per heavy atom. The molecule has 4 aromatic rings. The van der Waals surface area contributed by atoms with Gasteiger partial charge in [0.25, 0.3) is 11.8 Å². The van der Waals surface area contributed by atoms with Crippen molar-refractivity contribution in [3.63, 3.8) is 0 Å². The second-order valence-electron chi connectivity index (χ2n) is 9.24. The fourth-order valence-corrected chi connectivity index (χ4v) is 3.80. The van der Waals surface area contributed by atoms with Gasteiger partial charge in [0, 0.05) is 5.39 Å². The van der Waals surface area contributed by atoms with Crippen LogP contribution in [-0.2, 0) is 6.54 Å². The first-order chi connectivity index (χ1) is 16.0. The molecule has 2 amide bonds. The maximum Gasteiger partial charge on any atom is 0.273 e. The van der Waals surface area contributed by atoms with Crippen LogP contribution in [0.4, 0.5) is 4.39 Å². The lowest BCUT2D eigenvalue weighted by atomic mass is 9.86. The topological polar surface area (TPSA) is 116 Å². The molecule has 0 aliphatic heterocycles. The lowest BCUT2D eigenvalue weighted by molar-refractivity contribution is 0.0880. The fraction of sp³-hybridized carbons (Fsp3) is 0.280. The third-order valence-electron chi connectivity index (χ3n) is 5.55. The molecular weight excluding hydrogens is 437 g/mol. The molecule has 4 rings (SSSR count). The zero-order valence-electron chi connectivity index (χ0n) is 19.4. The van der Waals surface area contributed by atoms with Crippen LogP contribution in [0.2, 0.25) is 0 Å². The summed E-state index contributed by atoms with van der Waals surface area (Å²) < 4.78 is 20.7. The molecule has 9 heteroatoms. The van der Waals surface area contributed by atoms with Gasteiger partial charge < -0.3 is 15.5 Å². The van der Waals surface area contributed by atoms with Crippen molar-refractivity contribution in [2.45, 2.75) is 40.3 Å². The summed E-state index contributed by atoms with van der Waals surface area (Å²) in [5.74, 6) is -0.937. The van der Waals surface area contributed by atoms with E-state index in [1.807, 2.05) is 45.0 Å². The van der Waals surface area contributed by atoms with Crippen molar-refractivity contribution in [1.29, 1.82) is 0 Å².